The minimum absolute atomic E-state index is 0.0434. The Morgan fingerprint density at radius 1 is 0.968 bits per heavy atom. The van der Waals surface area contributed by atoms with Crippen molar-refractivity contribution in [3.05, 3.63) is 87.5 Å². The Morgan fingerprint density at radius 3 is 2.26 bits per heavy atom. The van der Waals surface area contributed by atoms with Crippen LogP contribution in [0.4, 0.5) is 11.4 Å². The number of nitrogens with one attached hydrogen (secondary N) is 2. The van der Waals surface area contributed by atoms with Crippen molar-refractivity contribution in [3.8, 4) is 5.75 Å². The number of amides is 2. The summed E-state index contributed by atoms with van der Waals surface area (Å²) in [5, 5.41) is 5.32. The van der Waals surface area contributed by atoms with Crippen LogP contribution in [0.2, 0.25) is 0 Å². The highest BCUT2D eigenvalue weighted by Crippen LogP contribution is 2.18. The predicted octanol–water partition coefficient (Wildman–Crippen LogP) is 3.95. The van der Waals surface area contributed by atoms with Gasteiger partial charge in [0.2, 0.25) is 5.91 Å². The van der Waals surface area contributed by atoms with Gasteiger partial charge in [-0.05, 0) is 60.9 Å². The summed E-state index contributed by atoms with van der Waals surface area (Å²) in [4.78, 5) is 36.4. The summed E-state index contributed by atoms with van der Waals surface area (Å²) in [6.07, 6.45) is 1.22. The van der Waals surface area contributed by atoms with Crippen molar-refractivity contribution in [2.24, 2.45) is 0 Å². The van der Waals surface area contributed by atoms with Crippen LogP contribution in [-0.2, 0) is 17.6 Å². The van der Waals surface area contributed by atoms with Crippen LogP contribution < -0.4 is 21.0 Å². The van der Waals surface area contributed by atoms with E-state index >= 15 is 0 Å². The first-order valence-electron chi connectivity index (χ1n) is 9.81. The molecule has 0 aliphatic heterocycles. The number of methoxy groups -OCH3 is 1. The molecule has 0 aliphatic rings. The van der Waals surface area contributed by atoms with Gasteiger partial charge >= 0.3 is 5.63 Å². The molecule has 0 atom stereocenters. The number of aryl methyl sites for hydroxylation is 3. The number of carbonyl (C=O) groups excluding carboxylic acids is 2. The van der Waals surface area contributed by atoms with Gasteiger partial charge in [-0.15, -0.1) is 0 Å². The van der Waals surface area contributed by atoms with Crippen molar-refractivity contribution in [2.75, 3.05) is 17.7 Å². The highest BCUT2D eigenvalue weighted by atomic mass is 16.5. The van der Waals surface area contributed by atoms with E-state index in [2.05, 4.69) is 10.6 Å². The molecule has 3 rings (SSSR count). The summed E-state index contributed by atoms with van der Waals surface area (Å²) in [6.45, 7) is 3.10. The van der Waals surface area contributed by atoms with E-state index in [1.165, 1.54) is 6.92 Å². The van der Waals surface area contributed by atoms with E-state index in [1.54, 1.807) is 44.4 Å². The molecule has 7 heteroatoms. The molecule has 3 aromatic rings. The number of carbonyl (C=O) groups is 2. The molecule has 160 valence electrons. The molecule has 2 aromatic carbocycles. The third-order valence-electron chi connectivity index (χ3n) is 4.69. The van der Waals surface area contributed by atoms with Crippen molar-refractivity contribution >= 4 is 23.2 Å². The van der Waals surface area contributed by atoms with Crippen LogP contribution in [0.5, 0.6) is 5.75 Å². The van der Waals surface area contributed by atoms with Gasteiger partial charge in [-0.3, -0.25) is 9.59 Å². The molecule has 0 radical (unpaired) electrons. The van der Waals surface area contributed by atoms with Gasteiger partial charge in [0.1, 0.15) is 17.1 Å². The normalized spacial score (nSPS) is 10.4. The van der Waals surface area contributed by atoms with Gasteiger partial charge in [0, 0.05) is 24.7 Å². The fraction of sp³-hybridized carbons (Fsp3) is 0.208. The zero-order chi connectivity index (χ0) is 22.4. The highest BCUT2D eigenvalue weighted by molar-refractivity contribution is 6.05. The lowest BCUT2D eigenvalue weighted by atomic mass is 10.1. The van der Waals surface area contributed by atoms with Crippen molar-refractivity contribution in [3.63, 3.8) is 0 Å². The second-order valence-electron chi connectivity index (χ2n) is 7.12. The average molecular weight is 420 g/mol. The summed E-state index contributed by atoms with van der Waals surface area (Å²) in [6, 6.07) is 16.1. The monoisotopic (exact) mass is 420 g/mol. The van der Waals surface area contributed by atoms with E-state index in [1.807, 2.05) is 24.3 Å². The summed E-state index contributed by atoms with van der Waals surface area (Å²) in [7, 11) is 1.61. The Kier molecular flexibility index (Phi) is 6.87. The van der Waals surface area contributed by atoms with Gasteiger partial charge in [0.15, 0.2) is 0 Å². The van der Waals surface area contributed by atoms with E-state index < -0.39 is 11.5 Å². The lowest BCUT2D eigenvalue weighted by molar-refractivity contribution is -0.114. The third kappa shape index (κ3) is 5.82. The fourth-order valence-electron chi connectivity index (χ4n) is 3.20. The van der Waals surface area contributed by atoms with Crippen LogP contribution in [0.25, 0.3) is 0 Å². The fourth-order valence-corrected chi connectivity index (χ4v) is 3.20. The number of anilines is 2. The van der Waals surface area contributed by atoms with Crippen LogP contribution >= 0.6 is 0 Å². The van der Waals surface area contributed by atoms with Crippen LogP contribution in [0.3, 0.4) is 0 Å². The van der Waals surface area contributed by atoms with Crippen LogP contribution in [0, 0.1) is 6.92 Å². The Hall–Kier alpha value is -3.87. The number of hydrogen-bond acceptors (Lipinski definition) is 5. The van der Waals surface area contributed by atoms with E-state index in [9.17, 15) is 14.4 Å². The second-order valence-corrected chi connectivity index (χ2v) is 7.12. The quantitative estimate of drug-likeness (QED) is 0.603. The van der Waals surface area contributed by atoms with Gasteiger partial charge < -0.3 is 19.8 Å². The van der Waals surface area contributed by atoms with E-state index in [4.69, 9.17) is 9.15 Å². The molecule has 0 saturated carbocycles. The summed E-state index contributed by atoms with van der Waals surface area (Å²) >= 11 is 0. The largest absolute Gasteiger partial charge is 0.497 e. The first-order valence-corrected chi connectivity index (χ1v) is 9.81. The number of ether oxygens (including phenoxy) is 1. The molecular formula is C24H24N2O5. The van der Waals surface area contributed by atoms with Crippen LogP contribution in [-0.4, -0.2) is 18.9 Å². The van der Waals surface area contributed by atoms with Crippen molar-refractivity contribution in [1.82, 2.24) is 0 Å². The van der Waals surface area contributed by atoms with Gasteiger partial charge in [-0.2, -0.15) is 0 Å². The minimum atomic E-state index is -0.680. The third-order valence-corrected chi connectivity index (χ3v) is 4.69. The SMILES string of the molecule is COc1ccc(CCc2cc(C)c(C(=O)Nc3cccc(NC(C)=O)c3)c(=O)o2)cc1. The highest BCUT2D eigenvalue weighted by Gasteiger charge is 2.17. The summed E-state index contributed by atoms with van der Waals surface area (Å²) < 4.78 is 10.5. The molecule has 0 aliphatic carbocycles. The van der Waals surface area contributed by atoms with Crippen molar-refractivity contribution in [2.45, 2.75) is 26.7 Å². The maximum atomic E-state index is 12.7. The van der Waals surface area contributed by atoms with Crippen molar-refractivity contribution in [1.29, 1.82) is 0 Å². The molecule has 2 amide bonds. The van der Waals surface area contributed by atoms with E-state index in [0.717, 1.165) is 11.3 Å². The maximum absolute atomic E-state index is 12.7. The Labute approximate surface area is 180 Å². The zero-order valence-corrected chi connectivity index (χ0v) is 17.7. The molecule has 2 N–H and O–H groups in total. The van der Waals surface area contributed by atoms with E-state index in [-0.39, 0.29) is 11.5 Å². The second kappa shape index (κ2) is 9.75. The topological polar surface area (TPSA) is 97.6 Å². The molecule has 0 saturated heterocycles. The van der Waals surface area contributed by atoms with Gasteiger partial charge in [0.05, 0.1) is 7.11 Å². The molecule has 0 unspecified atom stereocenters. The van der Waals surface area contributed by atoms with Gasteiger partial charge in [-0.1, -0.05) is 18.2 Å². The molecule has 7 nitrogen and oxygen atoms in total. The molecular weight excluding hydrogens is 396 g/mol. The molecule has 31 heavy (non-hydrogen) atoms. The summed E-state index contributed by atoms with van der Waals surface area (Å²) in [5.74, 6) is 0.518. The van der Waals surface area contributed by atoms with Crippen LogP contribution in [0.1, 0.15) is 34.2 Å². The number of hydrogen-bond donors (Lipinski definition) is 2. The number of benzene rings is 2. The molecule has 1 aromatic heterocycles. The smallest absolute Gasteiger partial charge is 0.349 e. The lowest BCUT2D eigenvalue weighted by Crippen LogP contribution is -2.23. The number of rotatable bonds is 7. The standard InChI is InChI=1S/C24H24N2O5/c1-15-13-21(12-9-17-7-10-20(30-3)11-8-17)31-24(29)22(15)23(28)26-19-6-4-5-18(14-19)25-16(2)27/h4-8,10-11,13-14H,9,12H2,1-3H3,(H,25,27)(H,26,28). The summed E-state index contributed by atoms with van der Waals surface area (Å²) in [5.41, 5.74) is 1.90. The van der Waals surface area contributed by atoms with Gasteiger partial charge in [-0.25, -0.2) is 4.79 Å². The first-order chi connectivity index (χ1) is 14.9. The lowest BCUT2D eigenvalue weighted by Gasteiger charge is -2.10. The average Bonchev–Trinajstić information content (AvgIpc) is 2.72. The minimum Gasteiger partial charge on any atom is -0.497 e. The Bertz CT molecular complexity index is 1150. The predicted molar refractivity (Wildman–Crippen MR) is 119 cm³/mol. The maximum Gasteiger partial charge on any atom is 0.349 e. The van der Waals surface area contributed by atoms with Gasteiger partial charge in [0.25, 0.3) is 5.91 Å². The Morgan fingerprint density at radius 2 is 1.65 bits per heavy atom. The molecule has 0 bridgehead atoms. The van der Waals surface area contributed by atoms with Crippen LogP contribution in [0.15, 0.2) is 63.8 Å². The molecule has 0 spiro atoms. The zero-order valence-electron chi connectivity index (χ0n) is 17.7. The first kappa shape index (κ1) is 21.8. The molecule has 0 fully saturated rings. The van der Waals surface area contributed by atoms with E-state index in [0.29, 0.717) is 35.5 Å². The van der Waals surface area contributed by atoms with Crippen molar-refractivity contribution < 1.29 is 18.7 Å². The molecule has 1 heterocycles. The Balaban J connectivity index is 1.71.